The van der Waals surface area contributed by atoms with Gasteiger partial charge in [-0.05, 0) is 55.2 Å². The molecule has 30 heavy (non-hydrogen) atoms. The topological polar surface area (TPSA) is 62.3 Å². The highest BCUT2D eigenvalue weighted by molar-refractivity contribution is 6.02. The van der Waals surface area contributed by atoms with Crippen LogP contribution in [0.2, 0.25) is 0 Å². The smallest absolute Gasteiger partial charge is 0.246 e. The molecule has 2 amide bonds. The predicted molar refractivity (Wildman–Crippen MR) is 120 cm³/mol. The average molecular weight is 399 g/mol. The molecule has 1 aliphatic heterocycles. The molecule has 4 rings (SSSR count). The van der Waals surface area contributed by atoms with Crippen molar-refractivity contribution < 1.29 is 9.59 Å². The Morgan fingerprint density at radius 3 is 2.57 bits per heavy atom. The number of carbonyl (C=O) groups is 2. The summed E-state index contributed by atoms with van der Waals surface area (Å²) in [5.74, 6) is -0.0931. The van der Waals surface area contributed by atoms with E-state index in [1.54, 1.807) is 12.3 Å². The lowest BCUT2D eigenvalue weighted by Gasteiger charge is -2.30. The van der Waals surface area contributed by atoms with Gasteiger partial charge in [-0.3, -0.25) is 14.6 Å². The Morgan fingerprint density at radius 1 is 1.03 bits per heavy atom. The molecule has 5 nitrogen and oxygen atoms in total. The molecule has 0 spiro atoms. The molecule has 3 aromatic rings. The minimum absolute atomic E-state index is 0.00619. The van der Waals surface area contributed by atoms with Gasteiger partial charge >= 0.3 is 0 Å². The van der Waals surface area contributed by atoms with Crippen LogP contribution in [0, 0.1) is 12.8 Å². The number of aromatic nitrogens is 1. The molecule has 0 aliphatic carbocycles. The highest BCUT2D eigenvalue weighted by atomic mass is 16.2. The van der Waals surface area contributed by atoms with Crippen molar-refractivity contribution in [2.24, 2.45) is 5.92 Å². The number of likely N-dealkylation sites (tertiary alicyclic amines) is 1. The molecule has 5 heteroatoms. The van der Waals surface area contributed by atoms with Crippen molar-refractivity contribution in [1.82, 2.24) is 9.88 Å². The minimum Gasteiger partial charge on any atom is -0.339 e. The molecule has 1 aliphatic rings. The van der Waals surface area contributed by atoms with Crippen molar-refractivity contribution in [1.29, 1.82) is 0 Å². The van der Waals surface area contributed by atoms with Crippen molar-refractivity contribution in [3.05, 3.63) is 78.0 Å². The number of anilines is 1. The molecule has 1 fully saturated rings. The van der Waals surface area contributed by atoms with Crippen LogP contribution in [-0.2, 0) is 9.59 Å². The third kappa shape index (κ3) is 4.40. The fourth-order valence-electron chi connectivity index (χ4n) is 3.86. The van der Waals surface area contributed by atoms with Gasteiger partial charge in [0.1, 0.15) is 0 Å². The molecule has 0 unspecified atom stereocenters. The highest BCUT2D eigenvalue weighted by Gasteiger charge is 2.27. The number of carbonyl (C=O) groups excluding carboxylic acids is 2. The van der Waals surface area contributed by atoms with Crippen LogP contribution in [0.4, 0.5) is 5.69 Å². The van der Waals surface area contributed by atoms with Gasteiger partial charge in [-0.15, -0.1) is 0 Å². The zero-order valence-electron chi connectivity index (χ0n) is 17.0. The number of hydrogen-bond acceptors (Lipinski definition) is 3. The number of pyridine rings is 1. The van der Waals surface area contributed by atoms with Crippen LogP contribution in [-0.4, -0.2) is 34.8 Å². The molecule has 0 radical (unpaired) electrons. The molecule has 0 bridgehead atoms. The molecular weight excluding hydrogens is 374 g/mol. The Morgan fingerprint density at radius 2 is 1.80 bits per heavy atom. The number of benzene rings is 2. The molecular formula is C25H25N3O2. The molecule has 1 aromatic heterocycles. The van der Waals surface area contributed by atoms with E-state index in [4.69, 9.17) is 0 Å². The zero-order valence-corrected chi connectivity index (χ0v) is 17.0. The second-order valence-corrected chi connectivity index (χ2v) is 7.66. The molecule has 152 valence electrons. The average Bonchev–Trinajstić information content (AvgIpc) is 2.80. The maximum atomic E-state index is 12.8. The molecule has 0 atom stereocenters. The Labute approximate surface area is 176 Å². The normalized spacial score (nSPS) is 14.9. The van der Waals surface area contributed by atoms with Gasteiger partial charge in [-0.2, -0.15) is 0 Å². The van der Waals surface area contributed by atoms with Gasteiger partial charge in [-0.25, -0.2) is 0 Å². The number of fused-ring (bicyclic) bond motifs is 1. The van der Waals surface area contributed by atoms with E-state index in [0.29, 0.717) is 25.9 Å². The summed E-state index contributed by atoms with van der Waals surface area (Å²) in [7, 11) is 0. The first kappa shape index (κ1) is 19.8. The van der Waals surface area contributed by atoms with Crippen molar-refractivity contribution in [2.75, 3.05) is 18.4 Å². The van der Waals surface area contributed by atoms with E-state index in [1.807, 2.05) is 72.5 Å². The summed E-state index contributed by atoms with van der Waals surface area (Å²) in [4.78, 5) is 31.5. The van der Waals surface area contributed by atoms with Crippen LogP contribution in [0.1, 0.15) is 24.0 Å². The van der Waals surface area contributed by atoms with Gasteiger partial charge in [-0.1, -0.05) is 36.4 Å². The Bertz CT molecular complexity index is 1080. The van der Waals surface area contributed by atoms with E-state index in [2.05, 4.69) is 10.3 Å². The van der Waals surface area contributed by atoms with Gasteiger partial charge in [0, 0.05) is 36.7 Å². The Kier molecular flexibility index (Phi) is 5.89. The van der Waals surface area contributed by atoms with Crippen molar-refractivity contribution >= 4 is 34.5 Å². The summed E-state index contributed by atoms with van der Waals surface area (Å²) in [5, 5.41) is 4.02. The van der Waals surface area contributed by atoms with E-state index >= 15 is 0 Å². The van der Waals surface area contributed by atoms with Gasteiger partial charge in [0.2, 0.25) is 11.8 Å². The second-order valence-electron chi connectivity index (χ2n) is 7.66. The van der Waals surface area contributed by atoms with Crippen LogP contribution in [0.3, 0.4) is 0 Å². The maximum absolute atomic E-state index is 12.8. The molecule has 2 heterocycles. The van der Waals surface area contributed by atoms with E-state index in [9.17, 15) is 9.59 Å². The fraction of sp³-hybridized carbons (Fsp3) is 0.240. The standard InChI is InChI=1S/C25H25N3O2/c1-18-9-11-22(21-8-5-15-26-24(18)21)27-25(30)20-13-16-28(17-14-20)23(29)12-10-19-6-3-2-4-7-19/h2-12,15,20H,13-14,16-17H2,1H3,(H,27,30)/b12-10+. The summed E-state index contributed by atoms with van der Waals surface area (Å²) in [6.45, 7) is 3.19. The lowest BCUT2D eigenvalue weighted by molar-refractivity contribution is -0.130. The summed E-state index contributed by atoms with van der Waals surface area (Å²) >= 11 is 0. The molecule has 2 aromatic carbocycles. The van der Waals surface area contributed by atoms with Crippen molar-refractivity contribution in [3.8, 4) is 0 Å². The number of nitrogens with one attached hydrogen (secondary N) is 1. The number of amides is 2. The monoisotopic (exact) mass is 399 g/mol. The summed E-state index contributed by atoms with van der Waals surface area (Å²) < 4.78 is 0. The summed E-state index contributed by atoms with van der Waals surface area (Å²) in [6.07, 6.45) is 6.54. The van der Waals surface area contributed by atoms with Crippen LogP contribution < -0.4 is 5.32 Å². The lowest BCUT2D eigenvalue weighted by atomic mass is 9.95. The van der Waals surface area contributed by atoms with E-state index in [1.165, 1.54) is 0 Å². The minimum atomic E-state index is -0.0971. The zero-order chi connectivity index (χ0) is 20.9. The van der Waals surface area contributed by atoms with Crippen molar-refractivity contribution in [2.45, 2.75) is 19.8 Å². The first-order valence-electron chi connectivity index (χ1n) is 10.3. The Hall–Kier alpha value is -3.47. The number of aryl methyl sites for hydroxylation is 1. The third-order valence-corrected chi connectivity index (χ3v) is 5.62. The quantitative estimate of drug-likeness (QED) is 0.660. The van der Waals surface area contributed by atoms with Gasteiger partial charge in [0.25, 0.3) is 0 Å². The second kappa shape index (κ2) is 8.91. The summed E-state index contributed by atoms with van der Waals surface area (Å²) in [5.41, 5.74) is 3.78. The molecule has 0 saturated carbocycles. The van der Waals surface area contributed by atoms with Gasteiger partial charge in [0.15, 0.2) is 0 Å². The third-order valence-electron chi connectivity index (χ3n) is 5.62. The highest BCUT2D eigenvalue weighted by Crippen LogP contribution is 2.26. The van der Waals surface area contributed by atoms with E-state index in [-0.39, 0.29) is 17.7 Å². The van der Waals surface area contributed by atoms with Crippen LogP contribution in [0.15, 0.2) is 66.9 Å². The number of hydrogen-bond donors (Lipinski definition) is 1. The molecule has 1 N–H and O–H groups in total. The lowest BCUT2D eigenvalue weighted by Crippen LogP contribution is -2.40. The van der Waals surface area contributed by atoms with E-state index < -0.39 is 0 Å². The van der Waals surface area contributed by atoms with Crippen molar-refractivity contribution in [3.63, 3.8) is 0 Å². The summed E-state index contributed by atoms with van der Waals surface area (Å²) in [6, 6.07) is 17.5. The largest absolute Gasteiger partial charge is 0.339 e. The van der Waals surface area contributed by atoms with Crippen LogP contribution in [0.5, 0.6) is 0 Å². The SMILES string of the molecule is Cc1ccc(NC(=O)C2CCN(C(=O)/C=C/c3ccccc3)CC2)c2cccnc12. The van der Waals surface area contributed by atoms with Crippen LogP contribution in [0.25, 0.3) is 17.0 Å². The number of rotatable bonds is 4. The predicted octanol–water partition coefficient (Wildman–Crippen LogP) is 4.43. The first-order valence-corrected chi connectivity index (χ1v) is 10.3. The van der Waals surface area contributed by atoms with Crippen LogP contribution >= 0.6 is 0 Å². The van der Waals surface area contributed by atoms with Gasteiger partial charge < -0.3 is 10.2 Å². The fourth-order valence-corrected chi connectivity index (χ4v) is 3.86. The first-order chi connectivity index (χ1) is 14.6. The van der Waals surface area contributed by atoms with Gasteiger partial charge in [0.05, 0.1) is 11.2 Å². The number of nitrogens with zero attached hydrogens (tertiary/aromatic N) is 2. The van der Waals surface area contributed by atoms with E-state index in [0.717, 1.165) is 27.7 Å². The molecule has 1 saturated heterocycles. The number of piperidine rings is 1. The maximum Gasteiger partial charge on any atom is 0.246 e. The Balaban J connectivity index is 1.35.